The van der Waals surface area contributed by atoms with Gasteiger partial charge in [0.2, 0.25) is 0 Å². The van der Waals surface area contributed by atoms with Gasteiger partial charge in [-0.3, -0.25) is 0 Å². The van der Waals surface area contributed by atoms with E-state index in [2.05, 4.69) is 17.4 Å². The summed E-state index contributed by atoms with van der Waals surface area (Å²) in [6.07, 6.45) is 0. The van der Waals surface area contributed by atoms with Crippen molar-refractivity contribution >= 4 is 28.0 Å². The molecule has 1 fully saturated rings. The number of hydrazine groups is 1. The molecule has 1 aromatic heterocycles. The molecule has 0 saturated carbocycles. The molecule has 0 radical (unpaired) electrons. The lowest BCUT2D eigenvalue weighted by Gasteiger charge is -2.32. The zero-order valence-corrected chi connectivity index (χ0v) is 12.3. The van der Waals surface area contributed by atoms with Crippen molar-refractivity contribution in [3.8, 4) is 6.07 Å². The topological polar surface area (TPSA) is 94.6 Å². The standard InChI is InChI=1S/C12H17N5O2S/c1-16-3-5-17(6-4-16)15-11-9(12(18)19-2)10(14)8(7-13)20-11/h15H,3-6,14H2,1-2H3. The number of nitrogens with two attached hydrogens (primary N) is 1. The van der Waals surface area contributed by atoms with Crippen molar-refractivity contribution in [2.75, 3.05) is 51.5 Å². The van der Waals surface area contributed by atoms with Gasteiger partial charge >= 0.3 is 5.97 Å². The van der Waals surface area contributed by atoms with Crippen LogP contribution < -0.4 is 11.2 Å². The maximum absolute atomic E-state index is 11.8. The van der Waals surface area contributed by atoms with E-state index in [1.807, 2.05) is 11.1 Å². The smallest absolute Gasteiger partial charge is 0.343 e. The maximum Gasteiger partial charge on any atom is 0.343 e. The van der Waals surface area contributed by atoms with Crippen LogP contribution >= 0.6 is 11.3 Å². The van der Waals surface area contributed by atoms with Gasteiger partial charge in [-0.15, -0.1) is 11.3 Å². The maximum atomic E-state index is 11.8. The molecular weight excluding hydrogens is 278 g/mol. The predicted octanol–water partition coefficient (Wildman–Crippen LogP) is 0.563. The van der Waals surface area contributed by atoms with Crippen molar-refractivity contribution in [1.29, 1.82) is 5.26 Å². The molecular formula is C12H17N5O2S. The zero-order valence-electron chi connectivity index (χ0n) is 11.5. The number of carbonyl (C=O) groups is 1. The molecule has 0 spiro atoms. The minimum atomic E-state index is -0.531. The van der Waals surface area contributed by atoms with E-state index in [-0.39, 0.29) is 11.3 Å². The van der Waals surface area contributed by atoms with E-state index in [0.717, 1.165) is 26.2 Å². The van der Waals surface area contributed by atoms with Crippen LogP contribution in [0, 0.1) is 11.3 Å². The number of nitrogen functional groups attached to an aromatic ring is 1. The monoisotopic (exact) mass is 295 g/mol. The molecule has 20 heavy (non-hydrogen) atoms. The molecule has 7 nitrogen and oxygen atoms in total. The third kappa shape index (κ3) is 2.85. The van der Waals surface area contributed by atoms with E-state index in [1.165, 1.54) is 18.4 Å². The second kappa shape index (κ2) is 6.09. The van der Waals surface area contributed by atoms with Crippen molar-refractivity contribution in [2.24, 2.45) is 0 Å². The van der Waals surface area contributed by atoms with Crippen LogP contribution in [0.5, 0.6) is 0 Å². The second-order valence-electron chi connectivity index (χ2n) is 4.55. The van der Waals surface area contributed by atoms with Crippen molar-refractivity contribution in [3.05, 3.63) is 10.4 Å². The molecule has 108 valence electrons. The van der Waals surface area contributed by atoms with Gasteiger partial charge in [-0.05, 0) is 7.05 Å². The van der Waals surface area contributed by atoms with Gasteiger partial charge in [0.1, 0.15) is 21.5 Å². The summed E-state index contributed by atoms with van der Waals surface area (Å²) < 4.78 is 4.73. The van der Waals surface area contributed by atoms with Crippen LogP contribution in [0.4, 0.5) is 10.7 Å². The number of hydrogen-bond acceptors (Lipinski definition) is 8. The van der Waals surface area contributed by atoms with Gasteiger partial charge in [0.05, 0.1) is 12.8 Å². The minimum absolute atomic E-state index is 0.181. The highest BCUT2D eigenvalue weighted by Crippen LogP contribution is 2.36. The molecule has 0 bridgehead atoms. The fourth-order valence-corrected chi connectivity index (χ4v) is 2.90. The Labute approximate surface area is 121 Å². The number of hydrogen-bond donors (Lipinski definition) is 2. The van der Waals surface area contributed by atoms with Crippen molar-refractivity contribution < 1.29 is 9.53 Å². The quantitative estimate of drug-likeness (QED) is 0.787. The number of esters is 1. The first kappa shape index (κ1) is 14.6. The van der Waals surface area contributed by atoms with Gasteiger partial charge in [-0.1, -0.05) is 0 Å². The molecule has 0 aromatic carbocycles. The molecule has 1 aliphatic rings. The number of piperazine rings is 1. The zero-order chi connectivity index (χ0) is 14.7. The van der Waals surface area contributed by atoms with Gasteiger partial charge in [-0.25, -0.2) is 9.80 Å². The molecule has 0 unspecified atom stereocenters. The first-order chi connectivity index (χ1) is 9.56. The number of carbonyl (C=O) groups excluding carboxylic acids is 1. The summed E-state index contributed by atoms with van der Waals surface area (Å²) in [5, 5.41) is 11.6. The molecule has 0 aliphatic carbocycles. The number of nitriles is 1. The Morgan fingerprint density at radius 2 is 2.10 bits per heavy atom. The Balaban J connectivity index is 2.22. The average Bonchev–Trinajstić information content (AvgIpc) is 2.76. The SMILES string of the molecule is COC(=O)c1c(NN2CCN(C)CC2)sc(C#N)c1N. The summed E-state index contributed by atoms with van der Waals surface area (Å²) in [5.74, 6) is -0.531. The molecule has 2 rings (SSSR count). The highest BCUT2D eigenvalue weighted by molar-refractivity contribution is 7.17. The third-order valence-electron chi connectivity index (χ3n) is 3.20. The van der Waals surface area contributed by atoms with Crippen LogP contribution in [0.1, 0.15) is 15.2 Å². The first-order valence-electron chi connectivity index (χ1n) is 6.17. The summed E-state index contributed by atoms with van der Waals surface area (Å²) >= 11 is 1.17. The second-order valence-corrected chi connectivity index (χ2v) is 5.58. The van der Waals surface area contributed by atoms with E-state index >= 15 is 0 Å². The predicted molar refractivity (Wildman–Crippen MR) is 77.5 cm³/mol. The number of rotatable bonds is 3. The lowest BCUT2D eigenvalue weighted by molar-refractivity contribution is 0.0603. The van der Waals surface area contributed by atoms with Gasteiger partial charge in [0, 0.05) is 26.2 Å². The van der Waals surface area contributed by atoms with E-state index in [9.17, 15) is 4.79 Å². The molecule has 0 amide bonds. The van der Waals surface area contributed by atoms with Gasteiger partial charge in [0.15, 0.2) is 0 Å². The number of ether oxygens (including phenoxy) is 1. The van der Waals surface area contributed by atoms with Gasteiger partial charge in [-0.2, -0.15) is 5.26 Å². The molecule has 1 aromatic rings. The molecule has 8 heteroatoms. The summed E-state index contributed by atoms with van der Waals surface area (Å²) in [6, 6.07) is 2.00. The third-order valence-corrected chi connectivity index (χ3v) is 4.21. The Hall–Kier alpha value is -1.82. The number of likely N-dealkylation sites (N-methyl/N-ethyl adjacent to an activating group) is 1. The summed E-state index contributed by atoms with van der Waals surface area (Å²) in [5.41, 5.74) is 9.44. The largest absolute Gasteiger partial charge is 0.465 e. The van der Waals surface area contributed by atoms with E-state index < -0.39 is 5.97 Å². The highest BCUT2D eigenvalue weighted by atomic mass is 32.1. The van der Waals surface area contributed by atoms with Crippen LogP contribution in [0.2, 0.25) is 0 Å². The van der Waals surface area contributed by atoms with Crippen molar-refractivity contribution in [3.63, 3.8) is 0 Å². The fourth-order valence-electron chi connectivity index (χ4n) is 1.97. The minimum Gasteiger partial charge on any atom is -0.465 e. The summed E-state index contributed by atoms with van der Waals surface area (Å²) in [7, 11) is 3.36. The van der Waals surface area contributed by atoms with Crippen LogP contribution in [-0.4, -0.2) is 56.2 Å². The van der Waals surface area contributed by atoms with Crippen LogP contribution in [0.25, 0.3) is 0 Å². The summed E-state index contributed by atoms with van der Waals surface area (Å²) in [4.78, 5) is 14.4. The molecule has 1 saturated heterocycles. The molecule has 2 heterocycles. The Kier molecular flexibility index (Phi) is 4.44. The van der Waals surface area contributed by atoms with Gasteiger partial charge in [0.25, 0.3) is 0 Å². The lowest BCUT2D eigenvalue weighted by Crippen LogP contribution is -2.47. The first-order valence-corrected chi connectivity index (χ1v) is 6.99. The number of nitrogens with zero attached hydrogens (tertiary/aromatic N) is 3. The molecule has 1 aliphatic heterocycles. The van der Waals surface area contributed by atoms with Crippen LogP contribution in [0.15, 0.2) is 0 Å². The number of nitrogens with one attached hydrogen (secondary N) is 1. The average molecular weight is 295 g/mol. The van der Waals surface area contributed by atoms with Crippen molar-refractivity contribution in [2.45, 2.75) is 0 Å². The molecule has 3 N–H and O–H groups in total. The lowest BCUT2D eigenvalue weighted by atomic mass is 10.2. The summed E-state index contributed by atoms with van der Waals surface area (Å²) in [6.45, 7) is 3.53. The van der Waals surface area contributed by atoms with Crippen molar-refractivity contribution in [1.82, 2.24) is 9.91 Å². The Bertz CT molecular complexity index is 543. The van der Waals surface area contributed by atoms with Crippen LogP contribution in [0.3, 0.4) is 0 Å². The fraction of sp³-hybridized carbons (Fsp3) is 0.500. The highest BCUT2D eigenvalue weighted by Gasteiger charge is 2.25. The normalized spacial score (nSPS) is 16.6. The Morgan fingerprint density at radius 3 is 2.65 bits per heavy atom. The number of thiophene rings is 1. The van der Waals surface area contributed by atoms with Gasteiger partial charge < -0.3 is 20.8 Å². The van der Waals surface area contributed by atoms with E-state index in [4.69, 9.17) is 15.7 Å². The number of methoxy groups -OCH3 is 1. The Morgan fingerprint density at radius 1 is 1.45 bits per heavy atom. The number of anilines is 2. The molecule has 0 atom stereocenters. The van der Waals surface area contributed by atoms with Crippen LogP contribution in [-0.2, 0) is 4.74 Å². The van der Waals surface area contributed by atoms with E-state index in [1.54, 1.807) is 0 Å². The van der Waals surface area contributed by atoms with E-state index in [0.29, 0.717) is 9.88 Å².